The van der Waals surface area contributed by atoms with Crippen molar-refractivity contribution in [2.45, 2.75) is 6.92 Å². The largest absolute Gasteiger partial charge is 0.477 e. The summed E-state index contributed by atoms with van der Waals surface area (Å²) in [5.41, 5.74) is 2.31. The zero-order valence-corrected chi connectivity index (χ0v) is 18.6. The number of nitrogens with zero attached hydrogens (tertiary/aromatic N) is 4. The number of aromatic carboxylic acids is 1. The minimum Gasteiger partial charge on any atom is -0.477 e. The van der Waals surface area contributed by atoms with Gasteiger partial charge in [0.1, 0.15) is 23.1 Å². The molecule has 0 aliphatic rings. The van der Waals surface area contributed by atoms with Gasteiger partial charge in [-0.3, -0.25) is 0 Å². The number of nitrogens with one attached hydrogen (secondary N) is 1. The first-order chi connectivity index (χ1) is 15.4. The fourth-order valence-electron chi connectivity index (χ4n) is 2.93. The topological polar surface area (TPSA) is 100 Å². The summed E-state index contributed by atoms with van der Waals surface area (Å²) in [5.74, 6) is 0.356. The Hall–Kier alpha value is -3.98. The zero-order chi connectivity index (χ0) is 22.7. The number of thiazole rings is 1. The molecule has 0 radical (unpaired) electrons. The third-order valence-corrected chi connectivity index (χ3v) is 5.61. The van der Waals surface area contributed by atoms with Gasteiger partial charge in [0.05, 0.1) is 0 Å². The van der Waals surface area contributed by atoms with Gasteiger partial charge in [0, 0.05) is 31.9 Å². The van der Waals surface area contributed by atoms with Crippen molar-refractivity contribution in [1.29, 1.82) is 0 Å². The molecule has 0 amide bonds. The molecule has 3 heterocycles. The fourth-order valence-corrected chi connectivity index (χ4v) is 3.81. The van der Waals surface area contributed by atoms with Crippen LogP contribution in [0.3, 0.4) is 0 Å². The molecule has 0 fully saturated rings. The summed E-state index contributed by atoms with van der Waals surface area (Å²) in [6, 6.07) is 16.7. The van der Waals surface area contributed by atoms with Crippen LogP contribution in [-0.2, 0) is 0 Å². The average Bonchev–Trinajstić information content (AvgIpc) is 3.20. The molecule has 0 atom stereocenters. The highest BCUT2D eigenvalue weighted by Gasteiger charge is 2.17. The van der Waals surface area contributed by atoms with Crippen molar-refractivity contribution < 1.29 is 14.6 Å². The Balaban J connectivity index is 1.61. The molecule has 0 bridgehead atoms. The van der Waals surface area contributed by atoms with E-state index in [9.17, 15) is 9.90 Å². The molecule has 3 aromatic heterocycles. The lowest BCUT2D eigenvalue weighted by Crippen LogP contribution is -2.07. The number of rotatable bonds is 7. The zero-order valence-electron chi connectivity index (χ0n) is 17.7. The Morgan fingerprint density at radius 2 is 1.84 bits per heavy atom. The minimum absolute atomic E-state index is 0.00391. The van der Waals surface area contributed by atoms with E-state index in [1.807, 2.05) is 49.3 Å². The lowest BCUT2D eigenvalue weighted by molar-refractivity contribution is 0.0690. The van der Waals surface area contributed by atoms with Crippen molar-refractivity contribution in [3.8, 4) is 22.1 Å². The molecule has 32 heavy (non-hydrogen) atoms. The number of hydrogen-bond acceptors (Lipinski definition) is 8. The van der Waals surface area contributed by atoms with E-state index in [0.717, 1.165) is 16.4 Å². The first kappa shape index (κ1) is 21.3. The van der Waals surface area contributed by atoms with Gasteiger partial charge in [-0.1, -0.05) is 47.7 Å². The van der Waals surface area contributed by atoms with E-state index in [-0.39, 0.29) is 5.69 Å². The van der Waals surface area contributed by atoms with Gasteiger partial charge in [0.25, 0.3) is 0 Å². The van der Waals surface area contributed by atoms with Crippen molar-refractivity contribution in [3.63, 3.8) is 0 Å². The quantitative estimate of drug-likeness (QED) is 0.398. The lowest BCUT2D eigenvalue weighted by Gasteiger charge is -2.09. The molecule has 4 aromatic rings. The number of ether oxygens (including phenoxy) is 1. The van der Waals surface area contributed by atoms with Crippen LogP contribution in [0.1, 0.15) is 16.1 Å². The summed E-state index contributed by atoms with van der Waals surface area (Å²) in [7, 11) is 3.87. The minimum atomic E-state index is -1.08. The highest BCUT2D eigenvalue weighted by atomic mass is 32.1. The third kappa shape index (κ3) is 4.68. The smallest absolute Gasteiger partial charge is 0.354 e. The molecule has 4 rings (SSSR count). The number of hydrogen-bond donors (Lipinski definition) is 2. The summed E-state index contributed by atoms with van der Waals surface area (Å²) in [6.45, 7) is 1.70. The van der Waals surface area contributed by atoms with Crippen LogP contribution in [0.2, 0.25) is 0 Å². The summed E-state index contributed by atoms with van der Waals surface area (Å²) in [6.07, 6.45) is 1.61. The fraction of sp³-hybridized carbons (Fsp3) is 0.130. The van der Waals surface area contributed by atoms with Crippen molar-refractivity contribution in [3.05, 3.63) is 72.1 Å². The van der Waals surface area contributed by atoms with Gasteiger partial charge in [-0.25, -0.2) is 19.7 Å². The van der Waals surface area contributed by atoms with Crippen LogP contribution in [0, 0.1) is 6.92 Å². The van der Waals surface area contributed by atoms with Gasteiger partial charge in [0.2, 0.25) is 5.06 Å². The van der Waals surface area contributed by atoms with Crippen molar-refractivity contribution in [2.75, 3.05) is 24.3 Å². The second kappa shape index (κ2) is 9.03. The highest BCUT2D eigenvalue weighted by Crippen LogP contribution is 2.41. The molecule has 9 heteroatoms. The number of pyridine rings is 2. The van der Waals surface area contributed by atoms with Gasteiger partial charge in [-0.05, 0) is 24.6 Å². The Morgan fingerprint density at radius 3 is 2.56 bits per heavy atom. The van der Waals surface area contributed by atoms with Crippen LogP contribution in [0.25, 0.3) is 11.3 Å². The van der Waals surface area contributed by atoms with E-state index in [1.54, 1.807) is 37.4 Å². The highest BCUT2D eigenvalue weighted by molar-refractivity contribution is 7.17. The lowest BCUT2D eigenvalue weighted by atomic mass is 10.2. The molecular weight excluding hydrogens is 426 g/mol. The molecule has 0 saturated carbocycles. The van der Waals surface area contributed by atoms with Gasteiger partial charge in [-0.15, -0.1) is 0 Å². The third-order valence-electron chi connectivity index (χ3n) is 4.51. The monoisotopic (exact) mass is 447 g/mol. The molecule has 2 N–H and O–H groups in total. The van der Waals surface area contributed by atoms with E-state index < -0.39 is 5.97 Å². The number of carbonyl (C=O) groups is 1. The Kier molecular flexibility index (Phi) is 6.00. The molecule has 0 aliphatic carbocycles. The average molecular weight is 448 g/mol. The molecule has 1 aromatic carbocycles. The van der Waals surface area contributed by atoms with Crippen molar-refractivity contribution in [1.82, 2.24) is 15.0 Å². The van der Waals surface area contributed by atoms with Crippen LogP contribution < -0.4 is 15.0 Å². The normalized spacial score (nSPS) is 10.6. The second-order valence-corrected chi connectivity index (χ2v) is 8.10. The first-order valence-electron chi connectivity index (χ1n) is 9.76. The molecule has 0 spiro atoms. The summed E-state index contributed by atoms with van der Waals surface area (Å²) in [5, 5.41) is 13.8. The van der Waals surface area contributed by atoms with E-state index in [2.05, 4.69) is 15.3 Å². The number of aryl methyl sites for hydroxylation is 1. The van der Waals surface area contributed by atoms with E-state index in [0.29, 0.717) is 28.0 Å². The standard InChI is InChI=1S/C23H21N5O3S/c1-14-9-10-17(26-19(14)21(29)30)25-18-13-16(11-12-24-18)31-22-20(15-7-5-4-6-8-15)27-23(32-22)28(2)3/h4-13H,1-3H3,(H,29,30)(H,24,25,26). The number of carboxylic acid groups (broad SMARTS) is 1. The number of anilines is 3. The van der Waals surface area contributed by atoms with Gasteiger partial charge in [-0.2, -0.15) is 0 Å². The number of carboxylic acids is 1. The summed E-state index contributed by atoms with van der Waals surface area (Å²) < 4.78 is 6.19. The maximum Gasteiger partial charge on any atom is 0.354 e. The van der Waals surface area contributed by atoms with Crippen LogP contribution in [0.5, 0.6) is 10.8 Å². The van der Waals surface area contributed by atoms with Gasteiger partial charge >= 0.3 is 5.97 Å². The van der Waals surface area contributed by atoms with E-state index >= 15 is 0 Å². The Bertz CT molecular complexity index is 1260. The van der Waals surface area contributed by atoms with Crippen LogP contribution in [0.4, 0.5) is 16.8 Å². The maximum absolute atomic E-state index is 11.3. The van der Waals surface area contributed by atoms with E-state index in [4.69, 9.17) is 9.72 Å². The summed E-state index contributed by atoms with van der Waals surface area (Å²) in [4.78, 5) is 26.4. The van der Waals surface area contributed by atoms with E-state index in [1.165, 1.54) is 11.3 Å². The summed E-state index contributed by atoms with van der Waals surface area (Å²) >= 11 is 1.45. The maximum atomic E-state index is 11.3. The molecule has 8 nitrogen and oxygen atoms in total. The van der Waals surface area contributed by atoms with Gasteiger partial charge < -0.3 is 20.1 Å². The first-order valence-corrected chi connectivity index (χ1v) is 10.6. The van der Waals surface area contributed by atoms with Crippen molar-refractivity contribution >= 4 is 34.1 Å². The number of benzene rings is 1. The number of aromatic nitrogens is 3. The SMILES string of the molecule is Cc1ccc(Nc2cc(Oc3sc(N(C)C)nc3-c3ccccc3)ccn2)nc1C(=O)O. The second-order valence-electron chi connectivity index (χ2n) is 7.16. The van der Waals surface area contributed by atoms with Gasteiger partial charge in [0.15, 0.2) is 10.8 Å². The Morgan fingerprint density at radius 1 is 1.06 bits per heavy atom. The molecule has 0 aliphatic heterocycles. The molecular formula is C23H21N5O3S. The molecule has 162 valence electrons. The van der Waals surface area contributed by atoms with Crippen LogP contribution >= 0.6 is 11.3 Å². The predicted molar refractivity (Wildman–Crippen MR) is 125 cm³/mol. The van der Waals surface area contributed by atoms with Crippen LogP contribution in [-0.4, -0.2) is 40.1 Å². The molecule has 0 saturated heterocycles. The van der Waals surface area contributed by atoms with Crippen LogP contribution in [0.15, 0.2) is 60.8 Å². The molecule has 0 unspecified atom stereocenters. The van der Waals surface area contributed by atoms with Crippen molar-refractivity contribution in [2.24, 2.45) is 0 Å². The predicted octanol–water partition coefficient (Wildman–Crippen LogP) is 5.21. The Labute approximate surface area is 189 Å².